The van der Waals surface area contributed by atoms with Gasteiger partial charge in [0.1, 0.15) is 0 Å². The van der Waals surface area contributed by atoms with E-state index in [-0.39, 0.29) is 0 Å². The molecule has 0 amide bonds. The van der Waals surface area contributed by atoms with E-state index in [1.165, 1.54) is 31.2 Å². The van der Waals surface area contributed by atoms with Gasteiger partial charge in [-0.25, -0.2) is 0 Å². The van der Waals surface area contributed by atoms with E-state index in [4.69, 9.17) is 0 Å². The topological polar surface area (TPSA) is 33.1 Å². The molecule has 1 aromatic heterocycles. The SMILES string of the molecule is CCn1cc(CNCC2(N(C)C)CCCC(C)C2)cn1. The summed E-state index contributed by atoms with van der Waals surface area (Å²) in [7, 11) is 4.46. The highest BCUT2D eigenvalue weighted by molar-refractivity contribution is 5.04. The summed E-state index contributed by atoms with van der Waals surface area (Å²) in [5.74, 6) is 0.843. The molecule has 0 spiro atoms. The van der Waals surface area contributed by atoms with Crippen LogP contribution in [0, 0.1) is 5.92 Å². The van der Waals surface area contributed by atoms with E-state index >= 15 is 0 Å². The molecule has 20 heavy (non-hydrogen) atoms. The molecular formula is C16H30N4. The van der Waals surface area contributed by atoms with Crippen molar-refractivity contribution in [3.8, 4) is 0 Å². The predicted octanol–water partition coefficient (Wildman–Crippen LogP) is 2.50. The fourth-order valence-electron chi connectivity index (χ4n) is 3.47. The van der Waals surface area contributed by atoms with Crippen molar-refractivity contribution in [2.75, 3.05) is 20.6 Å². The molecule has 0 radical (unpaired) electrons. The van der Waals surface area contributed by atoms with E-state index in [9.17, 15) is 0 Å². The molecule has 0 saturated heterocycles. The summed E-state index contributed by atoms with van der Waals surface area (Å²) in [6, 6.07) is 0. The number of hydrogen-bond donors (Lipinski definition) is 1. The molecule has 1 saturated carbocycles. The molecule has 1 N–H and O–H groups in total. The Morgan fingerprint density at radius 3 is 2.90 bits per heavy atom. The minimum Gasteiger partial charge on any atom is -0.311 e. The van der Waals surface area contributed by atoms with Crippen molar-refractivity contribution < 1.29 is 0 Å². The number of rotatable bonds is 6. The Labute approximate surface area is 123 Å². The maximum Gasteiger partial charge on any atom is 0.0534 e. The maximum absolute atomic E-state index is 4.33. The third-order valence-electron chi connectivity index (χ3n) is 4.81. The van der Waals surface area contributed by atoms with Crippen molar-refractivity contribution in [3.63, 3.8) is 0 Å². The average Bonchev–Trinajstić information content (AvgIpc) is 2.86. The van der Waals surface area contributed by atoms with Gasteiger partial charge < -0.3 is 10.2 Å². The zero-order chi connectivity index (χ0) is 14.6. The first kappa shape index (κ1) is 15.5. The van der Waals surface area contributed by atoms with Gasteiger partial charge in [0.25, 0.3) is 0 Å². The van der Waals surface area contributed by atoms with Crippen LogP contribution in [0.1, 0.15) is 45.1 Å². The molecule has 114 valence electrons. The summed E-state index contributed by atoms with van der Waals surface area (Å²) in [5.41, 5.74) is 1.61. The molecule has 1 fully saturated rings. The second-order valence-electron chi connectivity index (χ2n) is 6.63. The molecule has 0 aliphatic heterocycles. The predicted molar refractivity (Wildman–Crippen MR) is 83.7 cm³/mol. The zero-order valence-electron chi connectivity index (χ0n) is 13.5. The highest BCUT2D eigenvalue weighted by Gasteiger charge is 2.36. The minimum absolute atomic E-state index is 0.332. The van der Waals surface area contributed by atoms with Crippen LogP contribution in [0.3, 0.4) is 0 Å². The van der Waals surface area contributed by atoms with Gasteiger partial charge >= 0.3 is 0 Å². The largest absolute Gasteiger partial charge is 0.311 e. The van der Waals surface area contributed by atoms with Crippen LogP contribution in [0.2, 0.25) is 0 Å². The van der Waals surface area contributed by atoms with E-state index in [2.05, 4.69) is 49.5 Å². The molecule has 2 unspecified atom stereocenters. The second-order valence-corrected chi connectivity index (χ2v) is 6.63. The highest BCUT2D eigenvalue weighted by Crippen LogP contribution is 2.35. The zero-order valence-corrected chi connectivity index (χ0v) is 13.5. The standard InChI is InChI=1S/C16H30N4/c1-5-20-12-15(11-18-20)10-17-13-16(19(3)4)8-6-7-14(2)9-16/h11-12,14,17H,5-10,13H2,1-4H3. The second kappa shape index (κ2) is 6.72. The van der Waals surface area contributed by atoms with Gasteiger partial charge in [0.05, 0.1) is 6.20 Å². The molecule has 0 bridgehead atoms. The van der Waals surface area contributed by atoms with Gasteiger partial charge in [-0.05, 0) is 39.8 Å². The maximum atomic E-state index is 4.33. The summed E-state index contributed by atoms with van der Waals surface area (Å²) in [6.07, 6.45) is 9.47. The molecular weight excluding hydrogens is 248 g/mol. The molecule has 4 nitrogen and oxygen atoms in total. The first-order valence-electron chi connectivity index (χ1n) is 7.95. The fourth-order valence-corrected chi connectivity index (χ4v) is 3.47. The quantitative estimate of drug-likeness (QED) is 0.868. The average molecular weight is 278 g/mol. The van der Waals surface area contributed by atoms with Crippen molar-refractivity contribution in [2.24, 2.45) is 5.92 Å². The normalized spacial score (nSPS) is 27.1. The smallest absolute Gasteiger partial charge is 0.0534 e. The third-order valence-corrected chi connectivity index (χ3v) is 4.81. The Kier molecular flexibility index (Phi) is 5.22. The summed E-state index contributed by atoms with van der Waals surface area (Å²) < 4.78 is 1.99. The lowest BCUT2D eigenvalue weighted by Gasteiger charge is -2.45. The van der Waals surface area contributed by atoms with Gasteiger partial charge in [0, 0.05) is 36.9 Å². The number of hydrogen-bond acceptors (Lipinski definition) is 3. The Morgan fingerprint density at radius 1 is 1.50 bits per heavy atom. The van der Waals surface area contributed by atoms with Crippen LogP contribution in [0.15, 0.2) is 12.4 Å². The number of nitrogens with zero attached hydrogens (tertiary/aromatic N) is 3. The first-order valence-corrected chi connectivity index (χ1v) is 7.95. The fraction of sp³-hybridized carbons (Fsp3) is 0.812. The monoisotopic (exact) mass is 278 g/mol. The van der Waals surface area contributed by atoms with Crippen LogP contribution in [0.4, 0.5) is 0 Å². The molecule has 4 heteroatoms. The Balaban J connectivity index is 1.89. The van der Waals surface area contributed by atoms with Crippen molar-refractivity contribution in [1.82, 2.24) is 20.0 Å². The number of aryl methyl sites for hydroxylation is 1. The number of likely N-dealkylation sites (N-methyl/N-ethyl adjacent to an activating group) is 1. The third kappa shape index (κ3) is 3.61. The van der Waals surface area contributed by atoms with Gasteiger partial charge in [-0.3, -0.25) is 4.68 Å². The molecule has 2 rings (SSSR count). The van der Waals surface area contributed by atoms with Crippen LogP contribution >= 0.6 is 0 Å². The van der Waals surface area contributed by atoms with E-state index in [0.29, 0.717) is 5.54 Å². The molecule has 1 aromatic rings. The lowest BCUT2D eigenvalue weighted by Crippen LogP contribution is -2.54. The summed E-state index contributed by atoms with van der Waals surface area (Å²) in [4.78, 5) is 2.44. The summed E-state index contributed by atoms with van der Waals surface area (Å²) in [6.45, 7) is 7.45. The van der Waals surface area contributed by atoms with E-state index in [1.807, 2.05) is 10.9 Å². The molecule has 1 aliphatic rings. The van der Waals surface area contributed by atoms with Gasteiger partial charge in [-0.2, -0.15) is 5.10 Å². The minimum atomic E-state index is 0.332. The number of aromatic nitrogens is 2. The van der Waals surface area contributed by atoms with Crippen LogP contribution in [0.5, 0.6) is 0 Å². The van der Waals surface area contributed by atoms with E-state index in [1.54, 1.807) is 0 Å². The highest BCUT2D eigenvalue weighted by atomic mass is 15.3. The van der Waals surface area contributed by atoms with Crippen LogP contribution < -0.4 is 5.32 Å². The lowest BCUT2D eigenvalue weighted by molar-refractivity contribution is 0.0749. The van der Waals surface area contributed by atoms with Gasteiger partial charge in [0.2, 0.25) is 0 Å². The Hall–Kier alpha value is -0.870. The van der Waals surface area contributed by atoms with Crippen LogP contribution in [-0.4, -0.2) is 40.9 Å². The summed E-state index contributed by atoms with van der Waals surface area (Å²) >= 11 is 0. The Bertz CT molecular complexity index is 412. The molecule has 1 aliphatic carbocycles. The van der Waals surface area contributed by atoms with Crippen molar-refractivity contribution in [3.05, 3.63) is 18.0 Å². The van der Waals surface area contributed by atoms with Crippen LogP contribution in [-0.2, 0) is 13.1 Å². The van der Waals surface area contributed by atoms with Crippen molar-refractivity contribution in [2.45, 2.75) is 58.2 Å². The Morgan fingerprint density at radius 2 is 2.30 bits per heavy atom. The van der Waals surface area contributed by atoms with Gasteiger partial charge in [-0.1, -0.05) is 19.8 Å². The van der Waals surface area contributed by atoms with Crippen molar-refractivity contribution in [1.29, 1.82) is 0 Å². The molecule has 1 heterocycles. The van der Waals surface area contributed by atoms with Crippen LogP contribution in [0.25, 0.3) is 0 Å². The lowest BCUT2D eigenvalue weighted by atomic mass is 9.75. The molecule has 0 aromatic carbocycles. The number of nitrogens with one attached hydrogen (secondary N) is 1. The first-order chi connectivity index (χ1) is 9.55. The van der Waals surface area contributed by atoms with Gasteiger partial charge in [0.15, 0.2) is 0 Å². The van der Waals surface area contributed by atoms with E-state index < -0.39 is 0 Å². The van der Waals surface area contributed by atoms with Crippen molar-refractivity contribution >= 4 is 0 Å². The van der Waals surface area contributed by atoms with Gasteiger partial charge in [-0.15, -0.1) is 0 Å². The molecule has 2 atom stereocenters. The van der Waals surface area contributed by atoms with E-state index in [0.717, 1.165) is 25.6 Å². The summed E-state index contributed by atoms with van der Waals surface area (Å²) in [5, 5.41) is 7.99.